The maximum atomic E-state index is 12.4. The van der Waals surface area contributed by atoms with E-state index < -0.39 is 0 Å². The van der Waals surface area contributed by atoms with E-state index in [4.69, 9.17) is 4.42 Å². The molecule has 1 aliphatic heterocycles. The van der Waals surface area contributed by atoms with Crippen LogP contribution < -0.4 is 5.32 Å². The highest BCUT2D eigenvalue weighted by atomic mass is 16.3. The Kier molecular flexibility index (Phi) is 6.78. The summed E-state index contributed by atoms with van der Waals surface area (Å²) in [6.45, 7) is 0.707. The maximum absolute atomic E-state index is 12.4. The molecule has 0 fully saturated rings. The van der Waals surface area contributed by atoms with Gasteiger partial charge < -0.3 is 14.6 Å². The highest BCUT2D eigenvalue weighted by Crippen LogP contribution is 2.15. The lowest BCUT2D eigenvalue weighted by Gasteiger charge is -2.17. The first-order valence-electron chi connectivity index (χ1n) is 9.49. The van der Waals surface area contributed by atoms with Gasteiger partial charge in [-0.25, -0.2) is 5.01 Å². The van der Waals surface area contributed by atoms with Crippen LogP contribution in [0.5, 0.6) is 0 Å². The van der Waals surface area contributed by atoms with Gasteiger partial charge in [0.15, 0.2) is 0 Å². The van der Waals surface area contributed by atoms with Crippen LogP contribution in [0, 0.1) is 0 Å². The maximum Gasteiger partial charge on any atom is 0.243 e. The van der Waals surface area contributed by atoms with Crippen molar-refractivity contribution >= 4 is 23.4 Å². The van der Waals surface area contributed by atoms with Crippen LogP contribution in [0.3, 0.4) is 0 Å². The highest BCUT2D eigenvalue weighted by Gasteiger charge is 2.22. The molecule has 1 aromatic carbocycles. The van der Waals surface area contributed by atoms with Crippen LogP contribution in [-0.2, 0) is 20.9 Å². The second-order valence-electron chi connectivity index (χ2n) is 6.79. The number of nitrogens with one attached hydrogen (secondary N) is 1. The number of carbonyl (C=O) groups is 3. The number of rotatable bonds is 8. The van der Waals surface area contributed by atoms with E-state index in [0.29, 0.717) is 18.7 Å². The number of furan rings is 1. The first-order chi connectivity index (χ1) is 14.0. The van der Waals surface area contributed by atoms with E-state index in [1.54, 1.807) is 19.2 Å². The van der Waals surface area contributed by atoms with Gasteiger partial charge in [0, 0.05) is 26.3 Å². The minimum absolute atomic E-state index is 0.0352. The van der Waals surface area contributed by atoms with Gasteiger partial charge >= 0.3 is 0 Å². The summed E-state index contributed by atoms with van der Waals surface area (Å²) >= 11 is 0. The van der Waals surface area contributed by atoms with Gasteiger partial charge in [-0.2, -0.15) is 5.10 Å². The van der Waals surface area contributed by atoms with Crippen LogP contribution in [0.25, 0.3) is 0 Å². The fourth-order valence-corrected chi connectivity index (χ4v) is 2.96. The standard InChI is InChI=1S/C21H24N4O4/c1-24(15-19(26)22-14-17-8-5-13-29-17)20(27)9-10-21(28)25-12-11-18(23-25)16-6-3-2-4-7-16/h2-8,13H,9-12,14-15H2,1H3,(H,22,26). The van der Waals surface area contributed by atoms with Crippen LogP contribution in [0.15, 0.2) is 58.2 Å². The average Bonchev–Trinajstić information content (AvgIpc) is 3.43. The Bertz CT molecular complexity index is 877. The number of likely N-dealkylation sites (N-methyl/N-ethyl adjacent to an activating group) is 1. The number of nitrogens with zero attached hydrogens (tertiary/aromatic N) is 3. The highest BCUT2D eigenvalue weighted by molar-refractivity contribution is 6.02. The van der Waals surface area contributed by atoms with E-state index in [2.05, 4.69) is 10.4 Å². The zero-order valence-electron chi connectivity index (χ0n) is 16.3. The minimum atomic E-state index is -0.291. The Morgan fingerprint density at radius 2 is 1.93 bits per heavy atom. The molecule has 0 saturated carbocycles. The summed E-state index contributed by atoms with van der Waals surface area (Å²) < 4.78 is 5.14. The zero-order valence-corrected chi connectivity index (χ0v) is 16.3. The molecule has 152 valence electrons. The summed E-state index contributed by atoms with van der Waals surface area (Å²) in [4.78, 5) is 37.8. The molecule has 0 atom stereocenters. The molecule has 3 rings (SSSR count). The Morgan fingerprint density at radius 3 is 2.66 bits per heavy atom. The van der Waals surface area contributed by atoms with Crippen molar-refractivity contribution < 1.29 is 18.8 Å². The van der Waals surface area contributed by atoms with Crippen LogP contribution in [-0.4, -0.2) is 53.5 Å². The Labute approximate surface area is 169 Å². The predicted molar refractivity (Wildman–Crippen MR) is 107 cm³/mol. The van der Waals surface area contributed by atoms with E-state index in [1.165, 1.54) is 16.2 Å². The fourth-order valence-electron chi connectivity index (χ4n) is 2.96. The van der Waals surface area contributed by atoms with E-state index in [0.717, 1.165) is 11.3 Å². The molecule has 8 nitrogen and oxygen atoms in total. The van der Waals surface area contributed by atoms with Gasteiger partial charge in [-0.3, -0.25) is 14.4 Å². The monoisotopic (exact) mass is 396 g/mol. The number of amides is 3. The number of hydrogen-bond acceptors (Lipinski definition) is 5. The first-order valence-corrected chi connectivity index (χ1v) is 9.49. The van der Waals surface area contributed by atoms with Gasteiger partial charge in [-0.15, -0.1) is 0 Å². The lowest BCUT2D eigenvalue weighted by molar-refractivity contribution is -0.137. The SMILES string of the molecule is CN(CC(=O)NCc1ccco1)C(=O)CCC(=O)N1CCC(c2ccccc2)=N1. The van der Waals surface area contributed by atoms with Crippen molar-refractivity contribution in [3.8, 4) is 0 Å². The number of hydrogen-bond donors (Lipinski definition) is 1. The van der Waals surface area contributed by atoms with Gasteiger partial charge in [0.05, 0.1) is 31.6 Å². The van der Waals surface area contributed by atoms with Crippen molar-refractivity contribution in [2.75, 3.05) is 20.1 Å². The molecular formula is C21H24N4O4. The molecule has 1 aliphatic rings. The summed E-state index contributed by atoms with van der Waals surface area (Å²) in [7, 11) is 1.54. The smallest absolute Gasteiger partial charge is 0.243 e. The number of carbonyl (C=O) groups excluding carboxylic acids is 3. The summed E-state index contributed by atoms with van der Waals surface area (Å²) in [6, 6.07) is 13.2. The second-order valence-corrected chi connectivity index (χ2v) is 6.79. The van der Waals surface area contributed by atoms with Crippen LogP contribution in [0.1, 0.15) is 30.6 Å². The van der Waals surface area contributed by atoms with Crippen molar-refractivity contribution in [1.82, 2.24) is 15.2 Å². The Balaban J connectivity index is 1.40. The molecule has 0 unspecified atom stereocenters. The molecule has 1 aromatic heterocycles. The Hall–Kier alpha value is -3.42. The number of benzene rings is 1. The molecule has 3 amide bonds. The van der Waals surface area contributed by atoms with E-state index >= 15 is 0 Å². The van der Waals surface area contributed by atoms with E-state index in [9.17, 15) is 14.4 Å². The molecule has 0 bridgehead atoms. The Morgan fingerprint density at radius 1 is 1.14 bits per heavy atom. The zero-order chi connectivity index (χ0) is 20.6. The predicted octanol–water partition coefficient (Wildman–Crippen LogP) is 1.77. The van der Waals surface area contributed by atoms with Gasteiger partial charge in [-0.05, 0) is 17.7 Å². The number of hydrazone groups is 1. The third-order valence-electron chi connectivity index (χ3n) is 4.60. The fraction of sp³-hybridized carbons (Fsp3) is 0.333. The van der Waals surface area contributed by atoms with Crippen LogP contribution in [0.4, 0.5) is 0 Å². The molecule has 0 saturated heterocycles. The molecule has 8 heteroatoms. The molecular weight excluding hydrogens is 372 g/mol. The summed E-state index contributed by atoms with van der Waals surface area (Å²) in [6.07, 6.45) is 2.32. The van der Waals surface area contributed by atoms with Crippen molar-refractivity contribution in [2.45, 2.75) is 25.8 Å². The van der Waals surface area contributed by atoms with E-state index in [1.807, 2.05) is 30.3 Å². The lowest BCUT2D eigenvalue weighted by Crippen LogP contribution is -2.38. The van der Waals surface area contributed by atoms with Gasteiger partial charge in [0.2, 0.25) is 17.7 Å². The van der Waals surface area contributed by atoms with Crippen molar-refractivity contribution in [1.29, 1.82) is 0 Å². The summed E-state index contributed by atoms with van der Waals surface area (Å²) in [5.74, 6) is -0.114. The van der Waals surface area contributed by atoms with Crippen LogP contribution >= 0.6 is 0 Å². The summed E-state index contributed by atoms with van der Waals surface area (Å²) in [5.41, 5.74) is 1.87. The molecule has 1 N–H and O–H groups in total. The largest absolute Gasteiger partial charge is 0.467 e. The molecule has 0 spiro atoms. The normalized spacial score (nSPS) is 13.1. The van der Waals surface area contributed by atoms with Gasteiger partial charge in [0.1, 0.15) is 5.76 Å². The molecule has 0 radical (unpaired) electrons. The van der Waals surface area contributed by atoms with Gasteiger partial charge in [0.25, 0.3) is 0 Å². The third kappa shape index (κ3) is 5.78. The average molecular weight is 396 g/mol. The molecule has 29 heavy (non-hydrogen) atoms. The molecule has 0 aliphatic carbocycles. The third-order valence-corrected chi connectivity index (χ3v) is 4.60. The van der Waals surface area contributed by atoms with Crippen molar-refractivity contribution in [3.63, 3.8) is 0 Å². The van der Waals surface area contributed by atoms with Crippen molar-refractivity contribution in [2.24, 2.45) is 5.10 Å². The van der Waals surface area contributed by atoms with Crippen LogP contribution in [0.2, 0.25) is 0 Å². The summed E-state index contributed by atoms with van der Waals surface area (Å²) in [5, 5.41) is 8.48. The quantitative estimate of drug-likeness (QED) is 0.736. The minimum Gasteiger partial charge on any atom is -0.467 e. The lowest BCUT2D eigenvalue weighted by atomic mass is 10.1. The first kappa shape index (κ1) is 20.3. The molecule has 2 heterocycles. The second kappa shape index (κ2) is 9.68. The van der Waals surface area contributed by atoms with Crippen molar-refractivity contribution in [3.05, 3.63) is 60.1 Å². The van der Waals surface area contributed by atoms with Gasteiger partial charge in [-0.1, -0.05) is 30.3 Å². The van der Waals surface area contributed by atoms with E-state index in [-0.39, 0.29) is 43.7 Å². The topological polar surface area (TPSA) is 95.2 Å². The molecule has 2 aromatic rings.